The van der Waals surface area contributed by atoms with Gasteiger partial charge in [-0.25, -0.2) is 0 Å². The Labute approximate surface area is 213 Å². The van der Waals surface area contributed by atoms with E-state index in [1.54, 1.807) is 12.1 Å². The van der Waals surface area contributed by atoms with Crippen molar-refractivity contribution in [1.82, 2.24) is 0 Å². The molecule has 6 heteroatoms. The molecule has 0 saturated heterocycles. The van der Waals surface area contributed by atoms with Crippen LogP contribution in [0, 0.1) is 0 Å². The van der Waals surface area contributed by atoms with Crippen LogP contribution in [0.4, 0.5) is 0 Å². The fourth-order valence-electron chi connectivity index (χ4n) is 4.54. The van der Waals surface area contributed by atoms with Gasteiger partial charge in [0.2, 0.25) is 0 Å². The number of hydrogen-bond donors (Lipinski definition) is 0. The first-order valence-corrected chi connectivity index (χ1v) is 15.5. The van der Waals surface area contributed by atoms with Gasteiger partial charge in [-0.05, 0) is 0 Å². The van der Waals surface area contributed by atoms with Gasteiger partial charge in [-0.2, -0.15) is 0 Å². The molecule has 4 aromatic rings. The third kappa shape index (κ3) is 4.54. The van der Waals surface area contributed by atoms with Crippen molar-refractivity contribution in [2.75, 3.05) is 14.2 Å². The molecule has 4 rings (SSSR count). The molecule has 0 N–H and O–H groups in total. The molecule has 0 amide bonds. The molecule has 0 saturated carbocycles. The normalized spacial score (nSPS) is 12.3. The Hall–Kier alpha value is -3.27. The summed E-state index contributed by atoms with van der Waals surface area (Å²) in [6.45, 7) is 0. The van der Waals surface area contributed by atoms with Gasteiger partial charge in [-0.15, -0.1) is 0 Å². The van der Waals surface area contributed by atoms with Crippen molar-refractivity contribution < 1.29 is 19.1 Å². The molecule has 0 unspecified atom stereocenters. The van der Waals surface area contributed by atoms with E-state index in [0.29, 0.717) is 17.3 Å². The number of methoxy groups -OCH3 is 2. The first kappa shape index (κ1) is 24.8. The average Bonchev–Trinajstić information content (AvgIpc) is 2.93. The molecule has 0 aliphatic heterocycles. The van der Waals surface area contributed by atoms with Crippen LogP contribution in [-0.4, -0.2) is 26.2 Å². The standard InChI is InChI=1S/C29H26BrO4P/c1-33-28(31)23-18-22(19-24(20-23)29(32)34-2)21-35(30,25-12-6-3-7-13-25,26-14-8-4-9-15-26)27-16-10-5-11-17-27/h3-20H,21H2,1-2H3. The number of benzene rings is 4. The predicted molar refractivity (Wildman–Crippen MR) is 147 cm³/mol. The van der Waals surface area contributed by atoms with Gasteiger partial charge in [0.15, 0.2) is 0 Å². The molecule has 0 aliphatic carbocycles. The van der Waals surface area contributed by atoms with Crippen LogP contribution in [0.5, 0.6) is 0 Å². The monoisotopic (exact) mass is 548 g/mol. The van der Waals surface area contributed by atoms with Crippen LogP contribution in [0.1, 0.15) is 26.3 Å². The summed E-state index contributed by atoms with van der Waals surface area (Å²) in [5.41, 5.74) is 1.42. The van der Waals surface area contributed by atoms with Crippen LogP contribution in [-0.2, 0) is 15.6 Å². The molecule has 0 bridgehead atoms. The maximum absolute atomic E-state index is 12.5. The summed E-state index contributed by atoms with van der Waals surface area (Å²) in [6.07, 6.45) is 0.526. The molecule has 4 aromatic carbocycles. The van der Waals surface area contributed by atoms with E-state index >= 15 is 0 Å². The van der Waals surface area contributed by atoms with Gasteiger partial charge in [-0.1, -0.05) is 0 Å². The van der Waals surface area contributed by atoms with Crippen molar-refractivity contribution in [2.24, 2.45) is 0 Å². The number of carbonyl (C=O) groups excluding carboxylic acids is 2. The molecule has 0 atom stereocenters. The van der Waals surface area contributed by atoms with E-state index in [0.717, 1.165) is 21.5 Å². The molecule has 0 fully saturated rings. The summed E-state index contributed by atoms with van der Waals surface area (Å²) < 4.78 is 9.95. The van der Waals surface area contributed by atoms with Crippen molar-refractivity contribution in [3.8, 4) is 0 Å². The molecule has 0 heterocycles. The van der Waals surface area contributed by atoms with Crippen LogP contribution in [0.2, 0.25) is 0 Å². The van der Waals surface area contributed by atoms with Gasteiger partial charge in [0.25, 0.3) is 0 Å². The van der Waals surface area contributed by atoms with E-state index in [9.17, 15) is 9.59 Å². The van der Waals surface area contributed by atoms with Gasteiger partial charge in [0.1, 0.15) is 0 Å². The Morgan fingerprint density at radius 1 is 0.629 bits per heavy atom. The Bertz CT molecular complexity index is 1210. The van der Waals surface area contributed by atoms with Gasteiger partial charge in [0.05, 0.1) is 0 Å². The second-order valence-corrected chi connectivity index (χ2v) is 17.2. The van der Waals surface area contributed by atoms with E-state index in [2.05, 4.69) is 51.9 Å². The SMILES string of the molecule is COC(=O)c1cc(CP(Br)(c2ccccc2)(c2ccccc2)c2ccccc2)cc(C(=O)OC)c1. The second kappa shape index (κ2) is 10.2. The Kier molecular flexibility index (Phi) is 7.20. The summed E-state index contributed by atoms with van der Waals surface area (Å²) >= 11 is 4.41. The second-order valence-electron chi connectivity index (χ2n) is 8.25. The fourth-order valence-corrected chi connectivity index (χ4v) is 12.2. The molecule has 35 heavy (non-hydrogen) atoms. The quantitative estimate of drug-likeness (QED) is 0.223. The third-order valence-electron chi connectivity index (χ3n) is 6.20. The fraction of sp³-hybridized carbons (Fsp3) is 0.103. The first-order chi connectivity index (χ1) is 16.9. The van der Waals surface area contributed by atoms with Crippen LogP contribution in [0.15, 0.2) is 109 Å². The zero-order valence-electron chi connectivity index (χ0n) is 19.6. The number of carbonyl (C=O) groups is 2. The van der Waals surface area contributed by atoms with Gasteiger partial charge in [0, 0.05) is 0 Å². The topological polar surface area (TPSA) is 52.6 Å². The molecule has 0 spiro atoms. The number of hydrogen-bond acceptors (Lipinski definition) is 4. The molecule has 178 valence electrons. The van der Waals surface area contributed by atoms with Crippen molar-refractivity contribution in [1.29, 1.82) is 0 Å². The average molecular weight is 549 g/mol. The number of halogens is 1. The predicted octanol–water partition coefficient (Wildman–Crippen LogP) is 5.60. The van der Waals surface area contributed by atoms with Crippen LogP contribution in [0.3, 0.4) is 0 Å². The molecular weight excluding hydrogens is 523 g/mol. The van der Waals surface area contributed by atoms with Crippen LogP contribution < -0.4 is 15.9 Å². The summed E-state index contributed by atoms with van der Waals surface area (Å²) in [5.74, 6) is -1.02. The van der Waals surface area contributed by atoms with E-state index in [1.165, 1.54) is 20.3 Å². The van der Waals surface area contributed by atoms with Gasteiger partial charge < -0.3 is 0 Å². The summed E-state index contributed by atoms with van der Waals surface area (Å²) in [7, 11) is 2.66. The molecular formula is C29H26BrO4P. The zero-order valence-corrected chi connectivity index (χ0v) is 22.0. The number of esters is 2. The summed E-state index contributed by atoms with van der Waals surface area (Å²) in [6, 6.07) is 36.2. The van der Waals surface area contributed by atoms with Crippen molar-refractivity contribution >= 4 is 48.6 Å². The minimum atomic E-state index is -3.31. The molecule has 4 nitrogen and oxygen atoms in total. The minimum absolute atomic E-state index is 0.303. The summed E-state index contributed by atoms with van der Waals surface area (Å²) in [4.78, 5) is 25.0. The molecule has 0 radical (unpaired) electrons. The Morgan fingerprint density at radius 3 is 1.29 bits per heavy atom. The van der Waals surface area contributed by atoms with Gasteiger partial charge >= 0.3 is 214 Å². The van der Waals surface area contributed by atoms with E-state index in [-0.39, 0.29) is 0 Å². The van der Waals surface area contributed by atoms with E-state index in [4.69, 9.17) is 9.47 Å². The van der Waals surface area contributed by atoms with Crippen molar-refractivity contribution in [2.45, 2.75) is 6.16 Å². The van der Waals surface area contributed by atoms with E-state index < -0.39 is 17.2 Å². The number of rotatable bonds is 7. The van der Waals surface area contributed by atoms with Crippen LogP contribution >= 0.6 is 20.8 Å². The Balaban J connectivity index is 2.07. The van der Waals surface area contributed by atoms with Crippen molar-refractivity contribution in [3.63, 3.8) is 0 Å². The molecule has 0 aliphatic rings. The van der Waals surface area contributed by atoms with Crippen molar-refractivity contribution in [3.05, 3.63) is 126 Å². The zero-order chi connectivity index (χ0) is 24.9. The third-order valence-corrected chi connectivity index (χ3v) is 15.7. The first-order valence-electron chi connectivity index (χ1n) is 11.1. The van der Waals surface area contributed by atoms with Gasteiger partial charge in [-0.3, -0.25) is 0 Å². The van der Waals surface area contributed by atoms with E-state index in [1.807, 2.05) is 54.6 Å². The number of ether oxygens (including phenoxy) is 2. The molecule has 0 aromatic heterocycles. The maximum atomic E-state index is 12.5. The van der Waals surface area contributed by atoms with Crippen LogP contribution in [0.25, 0.3) is 0 Å². The Morgan fingerprint density at radius 2 is 0.971 bits per heavy atom. The summed E-state index contributed by atoms with van der Waals surface area (Å²) in [5, 5.41) is 0.0991.